The first kappa shape index (κ1) is 38.9. The molecule has 4 heteroatoms. The Morgan fingerprint density at radius 3 is 1.98 bits per heavy atom. The average molecular weight is 804 g/mol. The molecule has 1 aliphatic carbocycles. The molecule has 62 heavy (non-hydrogen) atoms. The van der Waals surface area contributed by atoms with Gasteiger partial charge in [-0.1, -0.05) is 148 Å². The van der Waals surface area contributed by atoms with Crippen molar-refractivity contribution in [2.75, 3.05) is 4.90 Å². The summed E-state index contributed by atoms with van der Waals surface area (Å²) in [5.41, 5.74) is 19.7. The molecule has 0 atom stereocenters. The van der Waals surface area contributed by atoms with E-state index in [2.05, 4.69) is 204 Å². The fourth-order valence-electron chi connectivity index (χ4n) is 9.72. The van der Waals surface area contributed by atoms with Crippen LogP contribution in [0, 0.1) is 13.8 Å². The van der Waals surface area contributed by atoms with E-state index in [0.29, 0.717) is 5.82 Å². The van der Waals surface area contributed by atoms with E-state index in [4.69, 9.17) is 14.4 Å². The van der Waals surface area contributed by atoms with Gasteiger partial charge in [0.05, 0.1) is 11.4 Å². The third kappa shape index (κ3) is 6.55. The molecule has 0 saturated heterocycles. The lowest BCUT2D eigenvalue weighted by atomic mass is 9.80. The lowest BCUT2D eigenvalue weighted by molar-refractivity contribution is 0.617. The molecule has 2 heterocycles. The SMILES string of the molecule is C/C=C\C1=C(CC)C(C)(C)c2cc(N(c3ccccc3)c3ccc(-c4cc(-c5nc(-c6ccccc6)c(C)c(-c6ccccc6C)n5)cc5oc6ccccc6c45)cc3)ccc21. The van der Waals surface area contributed by atoms with Gasteiger partial charge in [0.2, 0.25) is 0 Å². The van der Waals surface area contributed by atoms with Crippen molar-refractivity contribution in [3.05, 3.63) is 204 Å². The van der Waals surface area contributed by atoms with Crippen LogP contribution in [0.1, 0.15) is 56.4 Å². The summed E-state index contributed by atoms with van der Waals surface area (Å²) in [5, 5.41) is 2.15. The molecule has 10 rings (SSSR count). The number of rotatable bonds is 9. The molecule has 0 aliphatic heterocycles. The van der Waals surface area contributed by atoms with Crippen molar-refractivity contribution < 1.29 is 4.42 Å². The van der Waals surface area contributed by atoms with Gasteiger partial charge >= 0.3 is 0 Å². The van der Waals surface area contributed by atoms with E-state index in [0.717, 1.165) is 90.2 Å². The number of fused-ring (bicyclic) bond motifs is 4. The highest BCUT2D eigenvalue weighted by Crippen LogP contribution is 2.50. The Morgan fingerprint density at radius 1 is 0.581 bits per heavy atom. The van der Waals surface area contributed by atoms with Crippen molar-refractivity contribution in [2.45, 2.75) is 53.4 Å². The molecule has 7 aromatic carbocycles. The standard InChI is InChI=1S/C58H49N3O/c1-7-19-46-47-33-32-44(36-51(47)58(5,6)50(46)8-2)61(42-23-13-10-14-24-42)43-30-28-39(29-31-43)49-34-41(35-53-54(49)48-26-17-18-27-52(48)62-53)57-59-55(40-21-11-9-12-22-40)38(4)56(60-57)45-25-16-15-20-37(45)3/h7,9-36H,8H2,1-6H3/b19-7-. The van der Waals surface area contributed by atoms with Crippen molar-refractivity contribution in [1.29, 1.82) is 0 Å². The van der Waals surface area contributed by atoms with Gasteiger partial charge in [-0.25, -0.2) is 9.97 Å². The predicted octanol–water partition coefficient (Wildman–Crippen LogP) is 16.2. The Kier molecular flexibility index (Phi) is 9.80. The summed E-state index contributed by atoms with van der Waals surface area (Å²) in [6.45, 7) is 13.4. The second kappa shape index (κ2) is 15.6. The third-order valence-corrected chi connectivity index (χ3v) is 12.8. The number of allylic oxidation sites excluding steroid dienone is 4. The van der Waals surface area contributed by atoms with Crippen LogP contribution >= 0.6 is 0 Å². The molecule has 0 N–H and O–H groups in total. The lowest BCUT2D eigenvalue weighted by Crippen LogP contribution is -2.18. The number of furan rings is 1. The van der Waals surface area contributed by atoms with Gasteiger partial charge in [0, 0.05) is 55.5 Å². The summed E-state index contributed by atoms with van der Waals surface area (Å²) in [6.07, 6.45) is 5.46. The molecular formula is C58H49N3O. The largest absolute Gasteiger partial charge is 0.456 e. The average Bonchev–Trinajstić information content (AvgIpc) is 3.78. The molecule has 2 aromatic heterocycles. The first-order valence-electron chi connectivity index (χ1n) is 21.7. The van der Waals surface area contributed by atoms with Crippen LogP contribution in [0.3, 0.4) is 0 Å². The predicted molar refractivity (Wildman–Crippen MR) is 260 cm³/mol. The number of hydrogen-bond acceptors (Lipinski definition) is 4. The number of anilines is 3. The molecule has 0 bridgehead atoms. The molecule has 302 valence electrons. The second-order valence-electron chi connectivity index (χ2n) is 16.9. The molecule has 0 spiro atoms. The smallest absolute Gasteiger partial charge is 0.160 e. The van der Waals surface area contributed by atoms with E-state index < -0.39 is 0 Å². The summed E-state index contributed by atoms with van der Waals surface area (Å²) in [7, 11) is 0. The van der Waals surface area contributed by atoms with E-state index in [1.807, 2.05) is 18.2 Å². The summed E-state index contributed by atoms with van der Waals surface area (Å²) in [5.74, 6) is 0.654. The topological polar surface area (TPSA) is 42.2 Å². The summed E-state index contributed by atoms with van der Waals surface area (Å²) < 4.78 is 6.65. The summed E-state index contributed by atoms with van der Waals surface area (Å²) >= 11 is 0. The highest BCUT2D eigenvalue weighted by Gasteiger charge is 2.36. The van der Waals surface area contributed by atoms with Crippen molar-refractivity contribution in [3.63, 3.8) is 0 Å². The number of aryl methyl sites for hydroxylation is 1. The first-order valence-corrected chi connectivity index (χ1v) is 21.7. The minimum atomic E-state index is -0.0748. The van der Waals surface area contributed by atoms with Crippen LogP contribution in [0.4, 0.5) is 17.1 Å². The van der Waals surface area contributed by atoms with Crippen LogP contribution in [0.15, 0.2) is 186 Å². The van der Waals surface area contributed by atoms with Crippen LogP contribution in [0.2, 0.25) is 0 Å². The third-order valence-electron chi connectivity index (χ3n) is 12.8. The fraction of sp³-hybridized carbons (Fsp3) is 0.138. The van der Waals surface area contributed by atoms with Gasteiger partial charge in [0.15, 0.2) is 5.82 Å². The molecule has 0 unspecified atom stereocenters. The van der Waals surface area contributed by atoms with Gasteiger partial charge in [-0.05, 0) is 115 Å². The van der Waals surface area contributed by atoms with Crippen LogP contribution in [-0.4, -0.2) is 9.97 Å². The molecular weight excluding hydrogens is 755 g/mol. The number of hydrogen-bond donors (Lipinski definition) is 0. The maximum atomic E-state index is 6.65. The molecule has 0 saturated carbocycles. The van der Waals surface area contributed by atoms with Crippen molar-refractivity contribution in [3.8, 4) is 45.0 Å². The maximum absolute atomic E-state index is 6.65. The zero-order valence-corrected chi connectivity index (χ0v) is 36.2. The Balaban J connectivity index is 1.14. The minimum Gasteiger partial charge on any atom is -0.456 e. The summed E-state index contributed by atoms with van der Waals surface area (Å²) in [6, 6.07) is 58.2. The number of benzene rings is 7. The van der Waals surface area contributed by atoms with E-state index in [-0.39, 0.29) is 5.41 Å². The fourth-order valence-corrected chi connectivity index (χ4v) is 9.72. The van der Waals surface area contributed by atoms with Gasteiger partial charge in [-0.2, -0.15) is 0 Å². The van der Waals surface area contributed by atoms with Crippen LogP contribution in [0.25, 0.3) is 72.5 Å². The van der Waals surface area contributed by atoms with Gasteiger partial charge in [0.25, 0.3) is 0 Å². The van der Waals surface area contributed by atoms with Crippen molar-refractivity contribution >= 4 is 44.6 Å². The van der Waals surface area contributed by atoms with E-state index in [1.54, 1.807) is 0 Å². The van der Waals surface area contributed by atoms with E-state index in [1.165, 1.54) is 27.8 Å². The Hall–Kier alpha value is -7.30. The summed E-state index contributed by atoms with van der Waals surface area (Å²) in [4.78, 5) is 13.0. The van der Waals surface area contributed by atoms with Gasteiger partial charge in [0.1, 0.15) is 11.2 Å². The van der Waals surface area contributed by atoms with Crippen LogP contribution in [0.5, 0.6) is 0 Å². The lowest BCUT2D eigenvalue weighted by Gasteiger charge is -2.29. The van der Waals surface area contributed by atoms with Gasteiger partial charge in [-0.3, -0.25) is 0 Å². The zero-order valence-electron chi connectivity index (χ0n) is 36.2. The quantitative estimate of drug-likeness (QED) is 0.146. The Bertz CT molecular complexity index is 3210. The monoisotopic (exact) mass is 803 g/mol. The normalized spacial score (nSPS) is 13.4. The molecule has 0 radical (unpaired) electrons. The Morgan fingerprint density at radius 2 is 1.24 bits per heavy atom. The van der Waals surface area contributed by atoms with Crippen LogP contribution in [-0.2, 0) is 5.41 Å². The first-order chi connectivity index (χ1) is 30.2. The molecule has 1 aliphatic rings. The number of nitrogens with zero attached hydrogens (tertiary/aromatic N) is 3. The number of para-hydroxylation sites is 2. The zero-order chi connectivity index (χ0) is 42.5. The molecule has 0 fully saturated rings. The van der Waals surface area contributed by atoms with Gasteiger partial charge in [-0.15, -0.1) is 0 Å². The van der Waals surface area contributed by atoms with E-state index >= 15 is 0 Å². The van der Waals surface area contributed by atoms with Crippen molar-refractivity contribution in [1.82, 2.24) is 9.97 Å². The highest BCUT2D eigenvalue weighted by atomic mass is 16.3. The van der Waals surface area contributed by atoms with Crippen LogP contribution < -0.4 is 4.90 Å². The maximum Gasteiger partial charge on any atom is 0.160 e. The van der Waals surface area contributed by atoms with E-state index in [9.17, 15) is 0 Å². The molecule has 4 nitrogen and oxygen atoms in total. The molecule has 9 aromatic rings. The van der Waals surface area contributed by atoms with Crippen molar-refractivity contribution in [2.24, 2.45) is 0 Å². The Labute approximate surface area is 364 Å². The van der Waals surface area contributed by atoms with Gasteiger partial charge < -0.3 is 9.32 Å². The molecule has 0 amide bonds. The minimum absolute atomic E-state index is 0.0748. The highest BCUT2D eigenvalue weighted by molar-refractivity contribution is 6.13. The number of aromatic nitrogens is 2. The second-order valence-corrected chi connectivity index (χ2v) is 16.9.